The Morgan fingerprint density at radius 2 is 1.75 bits per heavy atom. The second kappa shape index (κ2) is 5.14. The van der Waals surface area contributed by atoms with Gasteiger partial charge in [-0.25, -0.2) is 0 Å². The molecule has 1 atom stereocenters. The van der Waals surface area contributed by atoms with Gasteiger partial charge >= 0.3 is 0 Å². The summed E-state index contributed by atoms with van der Waals surface area (Å²) in [6.07, 6.45) is 4.85. The zero-order valence-electron chi connectivity index (χ0n) is 8.85. The molecule has 1 aliphatic rings. The maximum Gasteiger partial charge on any atom is 0.0641 e. The lowest BCUT2D eigenvalue weighted by atomic mass is 9.92. The molecule has 1 nitrogen and oxygen atoms in total. The number of hydrogen-bond donors (Lipinski definition) is 1. The van der Waals surface area contributed by atoms with Crippen LogP contribution in [0.3, 0.4) is 0 Å². The molecule has 0 amide bonds. The minimum Gasteiger partial charge on any atom is -0.324 e. The molecule has 2 N–H and O–H groups in total. The molecular formula is C12H14Cl3N. The number of nitrogens with two attached hydrogens (primary N) is 1. The third-order valence-corrected chi connectivity index (χ3v) is 4.32. The average Bonchev–Trinajstić information content (AvgIpc) is 2.75. The fourth-order valence-corrected chi connectivity index (χ4v) is 3.13. The number of rotatable bonds is 2. The van der Waals surface area contributed by atoms with Crippen LogP contribution in [0.2, 0.25) is 15.1 Å². The third kappa shape index (κ3) is 2.48. The quantitative estimate of drug-likeness (QED) is 0.770. The van der Waals surface area contributed by atoms with Crippen LogP contribution in [0.5, 0.6) is 0 Å². The molecule has 0 bridgehead atoms. The Morgan fingerprint density at radius 3 is 2.38 bits per heavy atom. The van der Waals surface area contributed by atoms with E-state index in [9.17, 15) is 0 Å². The van der Waals surface area contributed by atoms with E-state index in [4.69, 9.17) is 40.5 Å². The molecular weight excluding hydrogens is 264 g/mol. The van der Waals surface area contributed by atoms with E-state index in [0.717, 1.165) is 5.56 Å². The van der Waals surface area contributed by atoms with Gasteiger partial charge in [0.05, 0.1) is 10.0 Å². The van der Waals surface area contributed by atoms with Gasteiger partial charge in [-0.2, -0.15) is 0 Å². The molecule has 1 fully saturated rings. The summed E-state index contributed by atoms with van der Waals surface area (Å²) in [5.41, 5.74) is 7.12. The van der Waals surface area contributed by atoms with Crippen molar-refractivity contribution in [3.05, 3.63) is 32.8 Å². The SMILES string of the molecule is N[C@H](c1cc(Cl)cc(Cl)c1Cl)C1CCCC1. The first-order valence-corrected chi connectivity index (χ1v) is 6.63. The lowest BCUT2D eigenvalue weighted by Gasteiger charge is -2.21. The van der Waals surface area contributed by atoms with E-state index in [1.165, 1.54) is 25.7 Å². The highest BCUT2D eigenvalue weighted by Crippen LogP contribution is 2.39. The van der Waals surface area contributed by atoms with Crippen LogP contribution >= 0.6 is 34.8 Å². The summed E-state index contributed by atoms with van der Waals surface area (Å²) < 4.78 is 0. The highest BCUT2D eigenvalue weighted by atomic mass is 35.5. The number of hydrogen-bond acceptors (Lipinski definition) is 1. The van der Waals surface area contributed by atoms with Crippen LogP contribution in [-0.2, 0) is 0 Å². The van der Waals surface area contributed by atoms with Crippen molar-refractivity contribution in [3.8, 4) is 0 Å². The molecule has 0 spiro atoms. The summed E-state index contributed by atoms with van der Waals surface area (Å²) >= 11 is 18.1. The first-order valence-electron chi connectivity index (χ1n) is 5.49. The van der Waals surface area contributed by atoms with Gasteiger partial charge in [0.15, 0.2) is 0 Å². The van der Waals surface area contributed by atoms with Gasteiger partial charge in [-0.1, -0.05) is 47.6 Å². The molecule has 1 aromatic rings. The fraction of sp³-hybridized carbons (Fsp3) is 0.500. The Balaban J connectivity index is 2.31. The Labute approximate surface area is 111 Å². The van der Waals surface area contributed by atoms with Gasteiger partial charge in [-0.15, -0.1) is 0 Å². The lowest BCUT2D eigenvalue weighted by molar-refractivity contribution is 0.445. The molecule has 1 saturated carbocycles. The molecule has 1 aromatic carbocycles. The molecule has 1 aliphatic carbocycles. The molecule has 0 saturated heterocycles. The van der Waals surface area contributed by atoms with E-state index in [1.807, 2.05) is 6.07 Å². The zero-order chi connectivity index (χ0) is 11.7. The minimum atomic E-state index is -0.0498. The van der Waals surface area contributed by atoms with Crippen LogP contribution in [0, 0.1) is 5.92 Å². The minimum absolute atomic E-state index is 0.0498. The van der Waals surface area contributed by atoms with Gasteiger partial charge in [-0.3, -0.25) is 0 Å². The second-order valence-electron chi connectivity index (χ2n) is 4.36. The topological polar surface area (TPSA) is 26.0 Å². The maximum atomic E-state index is 6.24. The third-order valence-electron chi connectivity index (χ3n) is 3.29. The summed E-state index contributed by atoms with van der Waals surface area (Å²) in [7, 11) is 0. The van der Waals surface area contributed by atoms with Gasteiger partial charge in [-0.05, 0) is 36.5 Å². The van der Waals surface area contributed by atoms with E-state index in [2.05, 4.69) is 0 Å². The van der Waals surface area contributed by atoms with Crippen LogP contribution in [-0.4, -0.2) is 0 Å². The number of halogens is 3. The van der Waals surface area contributed by atoms with E-state index < -0.39 is 0 Å². The standard InChI is InChI=1S/C12H14Cl3N/c13-8-5-9(11(15)10(14)6-8)12(16)7-3-1-2-4-7/h5-7,12H,1-4,16H2/t12-/m0/s1. The first-order chi connectivity index (χ1) is 7.59. The van der Waals surface area contributed by atoms with Crippen molar-refractivity contribution in [1.82, 2.24) is 0 Å². The van der Waals surface area contributed by atoms with Gasteiger partial charge < -0.3 is 5.73 Å². The number of benzene rings is 1. The van der Waals surface area contributed by atoms with Gasteiger partial charge in [0.1, 0.15) is 0 Å². The zero-order valence-corrected chi connectivity index (χ0v) is 11.1. The van der Waals surface area contributed by atoms with Crippen LogP contribution < -0.4 is 5.73 Å². The molecule has 4 heteroatoms. The van der Waals surface area contributed by atoms with Crippen LogP contribution in [0.1, 0.15) is 37.3 Å². The van der Waals surface area contributed by atoms with Crippen molar-refractivity contribution < 1.29 is 0 Å². The van der Waals surface area contributed by atoms with Crippen LogP contribution in [0.4, 0.5) is 0 Å². The van der Waals surface area contributed by atoms with Crippen molar-refractivity contribution in [1.29, 1.82) is 0 Å². The average molecular weight is 279 g/mol. The van der Waals surface area contributed by atoms with Crippen molar-refractivity contribution >= 4 is 34.8 Å². The van der Waals surface area contributed by atoms with E-state index in [0.29, 0.717) is 21.0 Å². The second-order valence-corrected chi connectivity index (χ2v) is 5.58. The summed E-state index contributed by atoms with van der Waals surface area (Å²) in [6.45, 7) is 0. The molecule has 0 aliphatic heterocycles. The molecule has 0 unspecified atom stereocenters. The van der Waals surface area contributed by atoms with Crippen molar-refractivity contribution in [2.45, 2.75) is 31.7 Å². The highest BCUT2D eigenvalue weighted by Gasteiger charge is 2.25. The lowest BCUT2D eigenvalue weighted by Crippen LogP contribution is -2.19. The maximum absolute atomic E-state index is 6.24. The fourth-order valence-electron chi connectivity index (χ4n) is 2.39. The summed E-state index contributed by atoms with van der Waals surface area (Å²) in [6, 6.07) is 3.43. The predicted molar refractivity (Wildman–Crippen MR) is 70.4 cm³/mol. The highest BCUT2D eigenvalue weighted by molar-refractivity contribution is 6.43. The van der Waals surface area contributed by atoms with Gasteiger partial charge in [0, 0.05) is 11.1 Å². The van der Waals surface area contributed by atoms with Crippen molar-refractivity contribution in [2.24, 2.45) is 11.7 Å². The van der Waals surface area contributed by atoms with E-state index >= 15 is 0 Å². The molecule has 0 aromatic heterocycles. The summed E-state index contributed by atoms with van der Waals surface area (Å²) in [4.78, 5) is 0. The summed E-state index contributed by atoms with van der Waals surface area (Å²) in [5.74, 6) is 0.507. The Kier molecular flexibility index (Phi) is 4.01. The van der Waals surface area contributed by atoms with Crippen LogP contribution in [0.15, 0.2) is 12.1 Å². The Bertz CT molecular complexity index is 386. The molecule has 16 heavy (non-hydrogen) atoms. The van der Waals surface area contributed by atoms with Crippen molar-refractivity contribution in [3.63, 3.8) is 0 Å². The van der Waals surface area contributed by atoms with Gasteiger partial charge in [0.25, 0.3) is 0 Å². The van der Waals surface area contributed by atoms with Crippen molar-refractivity contribution in [2.75, 3.05) is 0 Å². The Hall–Kier alpha value is 0.0500. The monoisotopic (exact) mass is 277 g/mol. The largest absolute Gasteiger partial charge is 0.324 e. The molecule has 88 valence electrons. The van der Waals surface area contributed by atoms with Crippen LogP contribution in [0.25, 0.3) is 0 Å². The van der Waals surface area contributed by atoms with Gasteiger partial charge in [0.2, 0.25) is 0 Å². The van der Waals surface area contributed by atoms with E-state index in [-0.39, 0.29) is 6.04 Å². The molecule has 0 heterocycles. The first kappa shape index (κ1) is 12.5. The Morgan fingerprint density at radius 1 is 1.12 bits per heavy atom. The molecule has 2 rings (SSSR count). The van der Waals surface area contributed by atoms with E-state index in [1.54, 1.807) is 6.07 Å². The summed E-state index contributed by atoms with van der Waals surface area (Å²) in [5, 5.41) is 1.63. The molecule has 0 radical (unpaired) electrons. The predicted octanol–water partition coefficient (Wildman–Crippen LogP) is 4.84. The smallest absolute Gasteiger partial charge is 0.0641 e. The normalized spacial score (nSPS) is 19.0.